The third-order valence-electron chi connectivity index (χ3n) is 4.91. The Morgan fingerprint density at radius 2 is 2.20 bits per heavy atom. The Balaban J connectivity index is 1.49. The van der Waals surface area contributed by atoms with Crippen molar-refractivity contribution in [3.05, 3.63) is 17.1 Å². The van der Waals surface area contributed by atoms with Crippen LogP contribution >= 0.6 is 35.1 Å². The number of hydrogen-bond donors (Lipinski definition) is 3. The highest BCUT2D eigenvalue weighted by Gasteiger charge is 2.54. The van der Waals surface area contributed by atoms with E-state index in [1.54, 1.807) is 4.68 Å². The molecule has 2 aliphatic rings. The zero-order valence-electron chi connectivity index (χ0n) is 18.6. The summed E-state index contributed by atoms with van der Waals surface area (Å²) >= 11 is 3.51. The third kappa shape index (κ3) is 4.80. The Bertz CT molecular complexity index is 1220. The number of hydrogen-bond acceptors (Lipinski definition) is 14. The zero-order valence-corrected chi connectivity index (χ0v) is 21.1. The quantitative estimate of drug-likeness (QED) is 0.160. The van der Waals surface area contributed by atoms with Crippen LogP contribution in [0.15, 0.2) is 21.6 Å². The van der Waals surface area contributed by atoms with E-state index < -0.39 is 29.2 Å². The number of carboxylic acids is 1. The fourth-order valence-corrected chi connectivity index (χ4v) is 6.29. The van der Waals surface area contributed by atoms with Crippen molar-refractivity contribution >= 4 is 63.7 Å². The molecule has 2 aromatic rings. The van der Waals surface area contributed by atoms with E-state index in [1.165, 1.54) is 35.5 Å². The first-order valence-corrected chi connectivity index (χ1v) is 12.9. The van der Waals surface area contributed by atoms with Crippen LogP contribution in [0.25, 0.3) is 0 Å². The second-order valence-electron chi connectivity index (χ2n) is 7.49. The summed E-state index contributed by atoms with van der Waals surface area (Å²) in [7, 11) is 1.25. The number of carbonyl (C=O) groups is 3. The standard InChI is InChI=1S/C17H20N10O5S3/c1-6(2)27-17(21-24-25-27)34-5-7-4-33-14-9(13(29)26(14)10(7)15(30)31)19-12(28)8(22-32-3)11-20-16(18)35-23-11/h6,9,14H,4-5H2,1-3H3,(H,19,28)(H,30,31)(H2,18,20,23)/t9?,14-/m1/s1. The fourth-order valence-electron chi connectivity index (χ4n) is 3.37. The second kappa shape index (κ2) is 10.2. The molecule has 1 saturated heterocycles. The maximum absolute atomic E-state index is 12.9. The van der Waals surface area contributed by atoms with Gasteiger partial charge in [-0.15, -0.1) is 16.9 Å². The summed E-state index contributed by atoms with van der Waals surface area (Å²) in [5, 5.41) is 27.7. The van der Waals surface area contributed by atoms with E-state index in [9.17, 15) is 19.5 Å². The lowest BCUT2D eigenvalue weighted by atomic mass is 10.0. The van der Waals surface area contributed by atoms with E-state index in [2.05, 4.69) is 35.4 Å². The van der Waals surface area contributed by atoms with Crippen LogP contribution in [0.2, 0.25) is 0 Å². The molecule has 186 valence electrons. The summed E-state index contributed by atoms with van der Waals surface area (Å²) < 4.78 is 5.57. The number of nitrogens with two attached hydrogens (primary N) is 1. The number of nitrogens with one attached hydrogen (secondary N) is 1. The largest absolute Gasteiger partial charge is 0.477 e. The number of nitrogen functional groups attached to an aromatic ring is 1. The molecule has 4 N–H and O–H groups in total. The Labute approximate surface area is 210 Å². The number of tetrazole rings is 1. The molecule has 2 aromatic heterocycles. The van der Waals surface area contributed by atoms with Gasteiger partial charge in [-0.2, -0.15) is 9.36 Å². The van der Waals surface area contributed by atoms with Gasteiger partial charge in [-0.05, 0) is 29.8 Å². The minimum absolute atomic E-state index is 0.0364. The van der Waals surface area contributed by atoms with Gasteiger partial charge in [-0.25, -0.2) is 9.48 Å². The first-order valence-electron chi connectivity index (χ1n) is 10.0. The fraction of sp³-hybridized carbons (Fsp3) is 0.471. The average Bonchev–Trinajstić information content (AvgIpc) is 3.47. The number of nitrogens with zero attached hydrogens (tertiary/aromatic N) is 8. The van der Waals surface area contributed by atoms with E-state index in [0.29, 0.717) is 16.5 Å². The molecular weight excluding hydrogens is 520 g/mol. The lowest BCUT2D eigenvalue weighted by Crippen LogP contribution is -2.71. The number of aliphatic carboxylic acids is 1. The van der Waals surface area contributed by atoms with Crippen molar-refractivity contribution in [1.82, 2.24) is 39.8 Å². The second-order valence-corrected chi connectivity index (χ2v) is 10.3. The molecule has 4 rings (SSSR count). The van der Waals surface area contributed by atoms with E-state index in [1.807, 2.05) is 13.8 Å². The van der Waals surface area contributed by atoms with Crippen molar-refractivity contribution in [3.8, 4) is 0 Å². The highest BCUT2D eigenvalue weighted by atomic mass is 32.2. The Morgan fingerprint density at radius 1 is 1.43 bits per heavy atom. The predicted octanol–water partition coefficient (Wildman–Crippen LogP) is -0.431. The van der Waals surface area contributed by atoms with Crippen molar-refractivity contribution in [2.75, 3.05) is 24.3 Å². The van der Waals surface area contributed by atoms with Gasteiger partial charge in [-0.1, -0.05) is 16.9 Å². The van der Waals surface area contributed by atoms with Crippen LogP contribution in [0, 0.1) is 0 Å². The Morgan fingerprint density at radius 3 is 2.83 bits per heavy atom. The minimum Gasteiger partial charge on any atom is -0.477 e. The number of thioether (sulfide) groups is 2. The molecular formula is C17H20N10O5S3. The molecule has 2 aliphatic heterocycles. The molecule has 35 heavy (non-hydrogen) atoms. The molecule has 0 spiro atoms. The molecule has 0 aliphatic carbocycles. The highest BCUT2D eigenvalue weighted by Crippen LogP contribution is 2.41. The summed E-state index contributed by atoms with van der Waals surface area (Å²) in [6.45, 7) is 3.86. The molecule has 0 aromatic carbocycles. The number of anilines is 1. The molecule has 2 atom stereocenters. The van der Waals surface area contributed by atoms with E-state index in [-0.39, 0.29) is 34.2 Å². The van der Waals surface area contributed by atoms with Crippen LogP contribution in [-0.4, -0.2) is 93.1 Å². The number of β-lactam (4-membered cyclic amide) rings is 1. The molecule has 18 heteroatoms. The van der Waals surface area contributed by atoms with Crippen LogP contribution in [-0.2, 0) is 19.2 Å². The number of amides is 2. The normalized spacial score (nSPS) is 20.1. The lowest BCUT2D eigenvalue weighted by molar-refractivity contribution is -0.150. The molecule has 4 heterocycles. The van der Waals surface area contributed by atoms with Gasteiger partial charge in [0.1, 0.15) is 24.2 Å². The van der Waals surface area contributed by atoms with E-state index in [4.69, 9.17) is 10.6 Å². The molecule has 1 unspecified atom stereocenters. The summed E-state index contributed by atoms with van der Waals surface area (Å²) in [6.07, 6.45) is 0. The smallest absolute Gasteiger partial charge is 0.352 e. The molecule has 2 amide bonds. The SMILES string of the molecule is CON=C(C(=O)NC1C(=O)N2C(C(=O)O)=C(CSc3nnnn3C(C)C)CS[C@H]12)c1nsc(N)n1. The molecule has 0 bridgehead atoms. The van der Waals surface area contributed by atoms with Crippen LogP contribution in [0.3, 0.4) is 0 Å². The lowest BCUT2D eigenvalue weighted by Gasteiger charge is -2.49. The zero-order chi connectivity index (χ0) is 25.3. The first kappa shape index (κ1) is 24.9. The molecule has 1 fully saturated rings. The molecule has 0 radical (unpaired) electrons. The number of carboxylic acid groups (broad SMARTS) is 1. The van der Waals surface area contributed by atoms with Crippen molar-refractivity contribution < 1.29 is 24.3 Å². The maximum atomic E-state index is 12.9. The van der Waals surface area contributed by atoms with Crippen molar-refractivity contribution in [1.29, 1.82) is 0 Å². The summed E-state index contributed by atoms with van der Waals surface area (Å²) in [6, 6.07) is -0.920. The number of oxime groups is 1. The number of rotatable bonds is 9. The van der Waals surface area contributed by atoms with Gasteiger partial charge in [0, 0.05) is 23.0 Å². The van der Waals surface area contributed by atoms with Crippen LogP contribution in [0.1, 0.15) is 25.7 Å². The predicted molar refractivity (Wildman–Crippen MR) is 126 cm³/mol. The van der Waals surface area contributed by atoms with Gasteiger partial charge >= 0.3 is 5.97 Å². The monoisotopic (exact) mass is 540 g/mol. The molecule has 0 saturated carbocycles. The third-order valence-corrected chi connectivity index (χ3v) is 7.82. The van der Waals surface area contributed by atoms with Gasteiger partial charge in [0.25, 0.3) is 11.8 Å². The Hall–Kier alpha value is -3.25. The average molecular weight is 541 g/mol. The van der Waals surface area contributed by atoms with Gasteiger partial charge in [-0.3, -0.25) is 14.5 Å². The van der Waals surface area contributed by atoms with Crippen LogP contribution in [0.5, 0.6) is 0 Å². The van der Waals surface area contributed by atoms with E-state index in [0.717, 1.165) is 11.5 Å². The maximum Gasteiger partial charge on any atom is 0.352 e. The number of aromatic nitrogens is 6. The van der Waals surface area contributed by atoms with Gasteiger partial charge in [0.05, 0.1) is 6.04 Å². The van der Waals surface area contributed by atoms with Crippen molar-refractivity contribution in [3.63, 3.8) is 0 Å². The summed E-state index contributed by atoms with van der Waals surface area (Å²) in [5.41, 5.74) is 5.79. The minimum atomic E-state index is -1.23. The molecule has 15 nitrogen and oxygen atoms in total. The van der Waals surface area contributed by atoms with Gasteiger partial charge < -0.3 is 21.0 Å². The topological polar surface area (TPSA) is 204 Å². The number of fused-ring (bicyclic) bond motifs is 1. The van der Waals surface area contributed by atoms with Crippen molar-refractivity contribution in [2.45, 2.75) is 36.5 Å². The van der Waals surface area contributed by atoms with Gasteiger partial charge in [0.2, 0.25) is 16.7 Å². The highest BCUT2D eigenvalue weighted by molar-refractivity contribution is 8.01. The van der Waals surface area contributed by atoms with Crippen LogP contribution < -0.4 is 11.1 Å². The number of carbonyl (C=O) groups excluding carboxylic acids is 2. The van der Waals surface area contributed by atoms with Gasteiger partial charge in [0.15, 0.2) is 5.13 Å². The Kier molecular flexibility index (Phi) is 7.22. The van der Waals surface area contributed by atoms with E-state index >= 15 is 0 Å². The summed E-state index contributed by atoms with van der Waals surface area (Å²) in [5.74, 6) is -1.92. The van der Waals surface area contributed by atoms with Crippen LogP contribution in [0.4, 0.5) is 5.13 Å². The summed E-state index contributed by atoms with van der Waals surface area (Å²) in [4.78, 5) is 47.6. The first-order chi connectivity index (χ1) is 16.7. The van der Waals surface area contributed by atoms with Crippen molar-refractivity contribution in [2.24, 2.45) is 5.16 Å².